The Morgan fingerprint density at radius 1 is 1.53 bits per heavy atom. The van der Waals surface area contributed by atoms with Crippen molar-refractivity contribution in [1.29, 1.82) is 0 Å². The van der Waals surface area contributed by atoms with Crippen molar-refractivity contribution < 1.29 is 9.90 Å². The van der Waals surface area contributed by atoms with Gasteiger partial charge < -0.3 is 16.2 Å². The third-order valence-electron chi connectivity index (χ3n) is 2.30. The van der Waals surface area contributed by atoms with Crippen LogP contribution in [0.3, 0.4) is 0 Å². The van der Waals surface area contributed by atoms with Crippen molar-refractivity contribution in [3.8, 4) is 0 Å². The van der Waals surface area contributed by atoms with Crippen LogP contribution in [0.2, 0.25) is 5.02 Å². The van der Waals surface area contributed by atoms with E-state index in [0.717, 1.165) is 6.42 Å². The molecule has 0 aliphatic rings. The number of rotatable bonds is 5. The molecular formula is C12H17ClN2O2. The highest BCUT2D eigenvalue weighted by Gasteiger charge is 2.09. The van der Waals surface area contributed by atoms with Gasteiger partial charge in [0.1, 0.15) is 0 Å². The Morgan fingerprint density at radius 2 is 2.24 bits per heavy atom. The zero-order valence-corrected chi connectivity index (χ0v) is 10.5. The van der Waals surface area contributed by atoms with Crippen molar-refractivity contribution in [2.75, 3.05) is 12.3 Å². The Bertz CT molecular complexity index is 376. The minimum absolute atomic E-state index is 0.235. The van der Waals surface area contributed by atoms with E-state index < -0.39 is 6.10 Å². The van der Waals surface area contributed by atoms with Crippen LogP contribution >= 0.6 is 11.6 Å². The summed E-state index contributed by atoms with van der Waals surface area (Å²) in [4.78, 5) is 11.7. The second kappa shape index (κ2) is 6.47. The number of aliphatic hydroxyl groups excluding tert-OH is 1. The molecule has 0 aromatic heterocycles. The van der Waals surface area contributed by atoms with Gasteiger partial charge in [0.15, 0.2) is 0 Å². The molecule has 1 aromatic rings. The third kappa shape index (κ3) is 4.63. The molecule has 0 spiro atoms. The minimum atomic E-state index is -0.513. The molecule has 1 rings (SSSR count). The summed E-state index contributed by atoms with van der Waals surface area (Å²) in [7, 11) is 0. The first-order valence-electron chi connectivity index (χ1n) is 5.55. The highest BCUT2D eigenvalue weighted by atomic mass is 35.5. The minimum Gasteiger partial charge on any atom is -0.399 e. The average molecular weight is 257 g/mol. The molecule has 4 N–H and O–H groups in total. The van der Waals surface area contributed by atoms with Gasteiger partial charge in [0.2, 0.25) is 0 Å². The quantitative estimate of drug-likeness (QED) is 0.704. The Hall–Kier alpha value is -1.26. The predicted molar refractivity (Wildman–Crippen MR) is 69.1 cm³/mol. The summed E-state index contributed by atoms with van der Waals surface area (Å²) in [6.07, 6.45) is 1.03. The van der Waals surface area contributed by atoms with Gasteiger partial charge in [0.25, 0.3) is 5.91 Å². The van der Waals surface area contributed by atoms with Crippen LogP contribution in [0.5, 0.6) is 0 Å². The van der Waals surface area contributed by atoms with E-state index in [4.69, 9.17) is 17.3 Å². The van der Waals surface area contributed by atoms with Crippen molar-refractivity contribution in [3.05, 3.63) is 28.8 Å². The van der Waals surface area contributed by atoms with E-state index in [1.165, 1.54) is 0 Å². The Labute approximate surface area is 106 Å². The molecule has 0 radical (unpaired) electrons. The van der Waals surface area contributed by atoms with E-state index in [2.05, 4.69) is 5.32 Å². The van der Waals surface area contributed by atoms with Crippen LogP contribution in [0.4, 0.5) is 5.69 Å². The standard InChI is InChI=1S/C12H17ClN2O2/c1-2-3-11(16)7-15-12(17)8-4-9(13)6-10(14)5-8/h4-6,11,16H,2-3,7,14H2,1H3,(H,15,17). The zero-order chi connectivity index (χ0) is 12.8. The van der Waals surface area contributed by atoms with E-state index in [1.54, 1.807) is 18.2 Å². The molecule has 1 atom stereocenters. The van der Waals surface area contributed by atoms with Crippen molar-refractivity contribution >= 4 is 23.2 Å². The Kier molecular flexibility index (Phi) is 5.25. The molecule has 1 unspecified atom stereocenters. The van der Waals surface area contributed by atoms with Crippen molar-refractivity contribution in [3.63, 3.8) is 0 Å². The number of carbonyl (C=O) groups is 1. The lowest BCUT2D eigenvalue weighted by atomic mass is 10.1. The van der Waals surface area contributed by atoms with Crippen LogP contribution in [0.25, 0.3) is 0 Å². The van der Waals surface area contributed by atoms with Gasteiger partial charge in [-0.05, 0) is 24.6 Å². The van der Waals surface area contributed by atoms with Gasteiger partial charge in [0.05, 0.1) is 6.10 Å². The monoisotopic (exact) mass is 256 g/mol. The SMILES string of the molecule is CCCC(O)CNC(=O)c1cc(N)cc(Cl)c1. The van der Waals surface area contributed by atoms with Crippen LogP contribution in [-0.2, 0) is 0 Å². The van der Waals surface area contributed by atoms with Crippen LogP contribution in [0, 0.1) is 0 Å². The number of anilines is 1. The molecule has 0 heterocycles. The number of halogens is 1. The number of nitrogen functional groups attached to an aromatic ring is 1. The molecular weight excluding hydrogens is 240 g/mol. The third-order valence-corrected chi connectivity index (χ3v) is 2.52. The molecule has 17 heavy (non-hydrogen) atoms. The number of amides is 1. The summed E-state index contributed by atoms with van der Waals surface area (Å²) in [5, 5.41) is 12.5. The summed E-state index contributed by atoms with van der Waals surface area (Å²) in [5.41, 5.74) is 6.43. The molecule has 0 fully saturated rings. The summed E-state index contributed by atoms with van der Waals surface area (Å²) in [5.74, 6) is -0.283. The lowest BCUT2D eigenvalue weighted by Gasteiger charge is -2.11. The van der Waals surface area contributed by atoms with Gasteiger partial charge in [-0.2, -0.15) is 0 Å². The zero-order valence-electron chi connectivity index (χ0n) is 9.74. The van der Waals surface area contributed by atoms with Crippen molar-refractivity contribution in [1.82, 2.24) is 5.32 Å². The Morgan fingerprint density at radius 3 is 2.82 bits per heavy atom. The van der Waals surface area contributed by atoms with Crippen molar-refractivity contribution in [2.24, 2.45) is 0 Å². The van der Waals surface area contributed by atoms with Crippen molar-refractivity contribution in [2.45, 2.75) is 25.9 Å². The molecule has 5 heteroatoms. The average Bonchev–Trinajstić information content (AvgIpc) is 2.25. The van der Waals surface area contributed by atoms with E-state index in [0.29, 0.717) is 22.7 Å². The van der Waals surface area contributed by atoms with E-state index in [-0.39, 0.29) is 12.5 Å². The lowest BCUT2D eigenvalue weighted by molar-refractivity contribution is 0.0910. The largest absolute Gasteiger partial charge is 0.399 e. The van der Waals surface area contributed by atoms with Gasteiger partial charge in [-0.15, -0.1) is 0 Å². The number of aliphatic hydroxyl groups is 1. The fraction of sp³-hybridized carbons (Fsp3) is 0.417. The summed E-state index contributed by atoms with van der Waals surface area (Å²) < 4.78 is 0. The number of carbonyl (C=O) groups excluding carboxylic acids is 1. The molecule has 0 saturated heterocycles. The van der Waals surface area contributed by atoms with E-state index in [1.807, 2.05) is 6.92 Å². The number of hydrogen-bond acceptors (Lipinski definition) is 3. The van der Waals surface area contributed by atoms with Gasteiger partial charge in [-0.1, -0.05) is 24.9 Å². The van der Waals surface area contributed by atoms with E-state index in [9.17, 15) is 9.90 Å². The smallest absolute Gasteiger partial charge is 0.251 e. The molecule has 0 aliphatic carbocycles. The first-order valence-corrected chi connectivity index (χ1v) is 5.93. The fourth-order valence-electron chi connectivity index (χ4n) is 1.49. The lowest BCUT2D eigenvalue weighted by Crippen LogP contribution is -2.32. The maximum Gasteiger partial charge on any atom is 0.251 e. The van der Waals surface area contributed by atoms with Crippen LogP contribution in [0.1, 0.15) is 30.1 Å². The first-order chi connectivity index (χ1) is 8.02. The molecule has 1 aromatic carbocycles. The van der Waals surface area contributed by atoms with Gasteiger partial charge in [-0.3, -0.25) is 4.79 Å². The maximum absolute atomic E-state index is 11.7. The van der Waals surface area contributed by atoms with Crippen LogP contribution in [0.15, 0.2) is 18.2 Å². The van der Waals surface area contributed by atoms with Gasteiger partial charge >= 0.3 is 0 Å². The number of nitrogens with two attached hydrogens (primary N) is 1. The number of hydrogen-bond donors (Lipinski definition) is 3. The van der Waals surface area contributed by atoms with Gasteiger partial charge in [-0.25, -0.2) is 0 Å². The molecule has 94 valence electrons. The summed E-state index contributed by atoms with van der Waals surface area (Å²) in [6.45, 7) is 2.21. The number of benzene rings is 1. The molecule has 0 saturated carbocycles. The highest BCUT2D eigenvalue weighted by molar-refractivity contribution is 6.31. The second-order valence-electron chi connectivity index (χ2n) is 3.93. The molecule has 0 bridgehead atoms. The van der Waals surface area contributed by atoms with Crippen LogP contribution in [-0.4, -0.2) is 23.7 Å². The van der Waals surface area contributed by atoms with Gasteiger partial charge in [0, 0.05) is 22.8 Å². The second-order valence-corrected chi connectivity index (χ2v) is 4.36. The summed E-state index contributed by atoms with van der Waals surface area (Å²) >= 11 is 5.80. The molecule has 0 aliphatic heterocycles. The normalized spacial score (nSPS) is 12.2. The van der Waals surface area contributed by atoms with E-state index >= 15 is 0 Å². The molecule has 1 amide bonds. The molecule has 4 nitrogen and oxygen atoms in total. The predicted octanol–water partition coefficient (Wildman–Crippen LogP) is 1.81. The first kappa shape index (κ1) is 13.8. The maximum atomic E-state index is 11.7. The summed E-state index contributed by atoms with van der Waals surface area (Å²) in [6, 6.07) is 4.66. The fourth-order valence-corrected chi connectivity index (χ4v) is 1.73. The van der Waals surface area contributed by atoms with Crippen LogP contribution < -0.4 is 11.1 Å². The Balaban J connectivity index is 2.58. The topological polar surface area (TPSA) is 75.3 Å². The highest BCUT2D eigenvalue weighted by Crippen LogP contribution is 2.16. The number of nitrogens with one attached hydrogen (secondary N) is 1.